The molecule has 12 rings (SSSR count). The number of carbonyl (C=O) groups excluding carboxylic acids is 1. The summed E-state index contributed by atoms with van der Waals surface area (Å²) in [6.45, 7) is 15.7. The molecule has 0 bridgehead atoms. The molecule has 0 aliphatic carbocycles. The van der Waals surface area contributed by atoms with Crippen LogP contribution in [0.2, 0.25) is 0 Å². The molecule has 0 spiro atoms. The van der Waals surface area contributed by atoms with Gasteiger partial charge in [-0.2, -0.15) is 30.5 Å². The van der Waals surface area contributed by atoms with Gasteiger partial charge in [-0.3, -0.25) is 0 Å². The van der Waals surface area contributed by atoms with E-state index in [0.29, 0.717) is 76.5 Å². The summed E-state index contributed by atoms with van der Waals surface area (Å²) in [5.74, 6) is 3.75. The number of benzene rings is 2. The van der Waals surface area contributed by atoms with E-state index in [1.165, 1.54) is 17.4 Å². The Morgan fingerprint density at radius 2 is 1.15 bits per heavy atom. The Morgan fingerprint density at radius 3 is 1.65 bits per heavy atom. The lowest BCUT2D eigenvalue weighted by Crippen LogP contribution is -2.56. The van der Waals surface area contributed by atoms with Crippen LogP contribution >= 0.6 is 0 Å². The van der Waals surface area contributed by atoms with Gasteiger partial charge < -0.3 is 53.8 Å². The number of likely N-dealkylation sites (N-methyl/N-ethyl adjacent to an activating group) is 2. The first-order valence-corrected chi connectivity index (χ1v) is 29.0. The Kier molecular flexibility index (Phi) is 16.8. The molecule has 1 N–H and O–H groups in total. The number of ether oxygens (including phenoxy) is 3. The molecule has 6 aliphatic rings. The van der Waals surface area contributed by atoms with Crippen molar-refractivity contribution < 1.29 is 19.0 Å². The van der Waals surface area contributed by atoms with Crippen molar-refractivity contribution in [1.29, 1.82) is 10.5 Å². The third-order valence-corrected chi connectivity index (χ3v) is 16.7. The fourth-order valence-corrected chi connectivity index (χ4v) is 12.4. The second-order valence-corrected chi connectivity index (χ2v) is 23.3. The second kappa shape index (κ2) is 24.6. The van der Waals surface area contributed by atoms with Crippen molar-refractivity contribution in [3.05, 3.63) is 95.6 Å². The van der Waals surface area contributed by atoms with Crippen LogP contribution < -0.4 is 34.4 Å². The summed E-state index contributed by atoms with van der Waals surface area (Å²) in [4.78, 5) is 58.0. The Hall–Kier alpha value is -7.65. The second-order valence-electron chi connectivity index (χ2n) is 23.3. The van der Waals surface area contributed by atoms with Gasteiger partial charge in [0.2, 0.25) is 0 Å². The summed E-state index contributed by atoms with van der Waals surface area (Å²) in [5, 5.41) is 27.0. The van der Waals surface area contributed by atoms with Crippen LogP contribution in [0.5, 0.6) is 12.0 Å². The number of anilines is 4. The first kappa shape index (κ1) is 55.3. The van der Waals surface area contributed by atoms with Crippen LogP contribution in [0.15, 0.2) is 73.1 Å². The topological polar surface area (TPSA) is 204 Å². The number of hydrogen-bond donors (Lipinski definition) is 1. The van der Waals surface area contributed by atoms with Crippen LogP contribution in [0.4, 0.5) is 28.1 Å². The highest BCUT2D eigenvalue weighted by Gasteiger charge is 2.37. The summed E-state index contributed by atoms with van der Waals surface area (Å²) in [7, 11) is 4.29. The van der Waals surface area contributed by atoms with E-state index in [-0.39, 0.29) is 24.6 Å². The van der Waals surface area contributed by atoms with E-state index < -0.39 is 5.60 Å². The van der Waals surface area contributed by atoms with E-state index in [1.807, 2.05) is 51.4 Å². The number of likely N-dealkylation sites (tertiary alicyclic amines) is 2. The zero-order valence-electron chi connectivity index (χ0n) is 47.6. The number of amides is 1. The van der Waals surface area contributed by atoms with Gasteiger partial charge >= 0.3 is 18.1 Å². The number of hydrogen-bond acceptors (Lipinski definition) is 19. The quantitative estimate of drug-likeness (QED) is 0.129. The third-order valence-electron chi connectivity index (χ3n) is 16.7. The number of nitriles is 2. The Labute approximate surface area is 475 Å². The maximum atomic E-state index is 13.0. The SMILES string of the molecule is CN1CCC[C@H]1COc1nc2c(c(N3CCN(C(=O)OC(C)(C)C)C(CC#N)C3)n1)CCN(c1nccc3ccccc13)C2.CN1CCC[C@H]1COc1nc2c(c(N3CCNC(CC#N)C3)n1)CCN(c1nccc3ccccc13)C2. The van der Waals surface area contributed by atoms with Gasteiger partial charge in [-0.25, -0.2) is 14.8 Å². The van der Waals surface area contributed by atoms with E-state index in [1.54, 1.807) is 4.90 Å². The van der Waals surface area contributed by atoms with E-state index in [2.05, 4.69) is 103 Å². The summed E-state index contributed by atoms with van der Waals surface area (Å²) < 4.78 is 18.2. The Balaban J connectivity index is 0.000000173. The predicted molar refractivity (Wildman–Crippen MR) is 313 cm³/mol. The third kappa shape index (κ3) is 12.6. The standard InChI is InChI=1S/C33H42N8O3.C28H34N8O/c1-33(2,3)44-32(42)41-19-18-40(20-24(41)11-14-34)30-27-13-17-39(29-26-10-6-5-8-23(26)12-15-35-29)21-28(27)36-31(37-30)43-22-25-9-7-16-38(25)4;1-34-14-4-6-22(34)19-37-28-32-25-18-35(26-23-7-3-2-5-20(23)9-12-31-26)15-10-24(25)27(33-28)36-16-13-30-21(17-36)8-11-29/h5-6,8,10,12,15,24-25H,7,9,11,13,16-22H2,1-4H3;2-3,5,7,9,12,21-22,30H,4,6,8,10,13-19H2,1H3/t24?,25-;21?,22-/m00/s1. The highest BCUT2D eigenvalue weighted by molar-refractivity contribution is 5.93. The molecule has 20 heteroatoms. The first-order chi connectivity index (χ1) is 39.4. The van der Waals surface area contributed by atoms with Gasteiger partial charge in [-0.15, -0.1) is 0 Å². The number of nitrogens with zero attached hydrogens (tertiary/aromatic N) is 15. The molecule has 2 unspecified atom stereocenters. The molecule has 2 aromatic carbocycles. The van der Waals surface area contributed by atoms with Gasteiger partial charge in [0.1, 0.15) is 42.1 Å². The molecule has 4 fully saturated rings. The molecular formula is C61H76N16O4. The number of rotatable bonds is 12. The fourth-order valence-electron chi connectivity index (χ4n) is 12.4. The summed E-state index contributed by atoms with van der Waals surface area (Å²) in [5.41, 5.74) is 3.61. The highest BCUT2D eigenvalue weighted by Crippen LogP contribution is 2.36. The number of nitrogens with one attached hydrogen (secondary N) is 1. The molecule has 4 saturated heterocycles. The van der Waals surface area contributed by atoms with Gasteiger partial charge in [-0.05, 0) is 109 Å². The van der Waals surface area contributed by atoms with Crippen LogP contribution in [0, 0.1) is 22.7 Å². The van der Waals surface area contributed by atoms with Crippen molar-refractivity contribution in [2.75, 3.05) is 112 Å². The average molecular weight is 1100 g/mol. The normalized spacial score (nSPS) is 21.4. The zero-order valence-corrected chi connectivity index (χ0v) is 47.6. The molecule has 4 aromatic heterocycles. The minimum absolute atomic E-state index is 0.140. The van der Waals surface area contributed by atoms with Gasteiger partial charge in [0.15, 0.2) is 0 Å². The number of aromatic nitrogens is 6. The molecule has 4 atom stereocenters. The summed E-state index contributed by atoms with van der Waals surface area (Å²) >= 11 is 0. The lowest BCUT2D eigenvalue weighted by molar-refractivity contribution is 0.0144. The number of carbonyl (C=O) groups is 1. The van der Waals surface area contributed by atoms with Gasteiger partial charge in [0, 0.05) is 105 Å². The van der Waals surface area contributed by atoms with Crippen molar-refractivity contribution in [2.45, 2.75) is 115 Å². The minimum Gasteiger partial charge on any atom is -0.462 e. The number of piperazine rings is 2. The maximum absolute atomic E-state index is 13.0. The molecule has 10 heterocycles. The minimum atomic E-state index is -0.610. The van der Waals surface area contributed by atoms with Gasteiger partial charge in [-0.1, -0.05) is 48.5 Å². The maximum Gasteiger partial charge on any atom is 0.410 e. The van der Waals surface area contributed by atoms with Crippen molar-refractivity contribution in [3.63, 3.8) is 0 Å². The highest BCUT2D eigenvalue weighted by atomic mass is 16.6. The van der Waals surface area contributed by atoms with Crippen LogP contribution in [0.3, 0.4) is 0 Å². The van der Waals surface area contributed by atoms with Crippen LogP contribution in [0.1, 0.15) is 81.8 Å². The zero-order chi connectivity index (χ0) is 56.0. The molecule has 81 heavy (non-hydrogen) atoms. The van der Waals surface area contributed by atoms with Crippen molar-refractivity contribution in [2.24, 2.45) is 0 Å². The largest absolute Gasteiger partial charge is 0.462 e. The van der Waals surface area contributed by atoms with Crippen LogP contribution in [-0.2, 0) is 30.7 Å². The molecule has 20 nitrogen and oxygen atoms in total. The Morgan fingerprint density at radius 1 is 0.617 bits per heavy atom. The molecule has 6 aliphatic heterocycles. The number of pyridine rings is 2. The van der Waals surface area contributed by atoms with Crippen molar-refractivity contribution >= 4 is 50.9 Å². The van der Waals surface area contributed by atoms with Crippen molar-refractivity contribution in [3.8, 4) is 24.2 Å². The van der Waals surface area contributed by atoms with E-state index in [9.17, 15) is 15.3 Å². The molecule has 6 aromatic rings. The van der Waals surface area contributed by atoms with E-state index in [4.69, 9.17) is 44.1 Å². The summed E-state index contributed by atoms with van der Waals surface area (Å²) in [6.07, 6.45) is 10.3. The van der Waals surface area contributed by atoms with Crippen molar-refractivity contribution in [1.82, 2.24) is 49.9 Å². The number of fused-ring (bicyclic) bond motifs is 4. The van der Waals surface area contributed by atoms with E-state index >= 15 is 0 Å². The molecule has 424 valence electrons. The molecular weight excluding hydrogens is 1020 g/mol. The van der Waals surface area contributed by atoms with E-state index in [0.717, 1.165) is 134 Å². The fraction of sp³-hybridized carbons (Fsp3) is 0.525. The smallest absolute Gasteiger partial charge is 0.410 e. The van der Waals surface area contributed by atoms with Crippen LogP contribution in [-0.4, -0.2) is 173 Å². The lowest BCUT2D eigenvalue weighted by Gasteiger charge is -2.42. The van der Waals surface area contributed by atoms with Crippen LogP contribution in [0.25, 0.3) is 21.5 Å². The summed E-state index contributed by atoms with van der Waals surface area (Å²) in [6, 6.07) is 26.8. The molecule has 1 amide bonds. The first-order valence-electron chi connectivity index (χ1n) is 29.0. The average Bonchev–Trinajstić information content (AvgIpc) is 4.24. The lowest BCUT2D eigenvalue weighted by atomic mass is 10.0. The molecule has 0 saturated carbocycles. The monoisotopic (exact) mass is 1100 g/mol. The predicted octanol–water partition coefficient (Wildman–Crippen LogP) is 7.15. The molecule has 0 radical (unpaired) electrons. The van der Waals surface area contributed by atoms with Gasteiger partial charge in [0.25, 0.3) is 0 Å². The Bertz CT molecular complexity index is 3280. The van der Waals surface area contributed by atoms with Gasteiger partial charge in [0.05, 0.1) is 55.5 Å².